The van der Waals surface area contributed by atoms with Gasteiger partial charge in [0.2, 0.25) is 5.88 Å². The van der Waals surface area contributed by atoms with Crippen molar-refractivity contribution in [2.24, 2.45) is 0 Å². The summed E-state index contributed by atoms with van der Waals surface area (Å²) < 4.78 is 39.9. The fourth-order valence-electron chi connectivity index (χ4n) is 0.912. The predicted molar refractivity (Wildman–Crippen MR) is 57.9 cm³/mol. The number of ether oxygens (including phenoxy) is 1. The highest BCUT2D eigenvalue weighted by molar-refractivity contribution is 14.1. The Kier molecular flexibility index (Phi) is 4.05. The number of pyridine rings is 1. The van der Waals surface area contributed by atoms with E-state index < -0.39 is 12.2 Å². The van der Waals surface area contributed by atoms with Gasteiger partial charge in [-0.25, -0.2) is 4.98 Å². The highest BCUT2D eigenvalue weighted by Gasteiger charge is 2.32. The van der Waals surface area contributed by atoms with Crippen LogP contribution < -0.4 is 4.74 Å². The van der Waals surface area contributed by atoms with Crippen molar-refractivity contribution in [3.8, 4) is 5.88 Å². The molecule has 7 heteroatoms. The minimum atomic E-state index is -4.73. The first-order chi connectivity index (χ1) is 6.83. The first-order valence-electron chi connectivity index (χ1n) is 3.81. The van der Waals surface area contributed by atoms with E-state index in [1.54, 1.807) is 6.92 Å². The molecule has 0 fully saturated rings. The van der Waals surface area contributed by atoms with Gasteiger partial charge in [0.15, 0.2) is 0 Å². The first kappa shape index (κ1) is 12.8. The summed E-state index contributed by atoms with van der Waals surface area (Å²) in [5.41, 5.74) is 1.34. The van der Waals surface area contributed by atoms with Crippen LogP contribution in [0.4, 0.5) is 13.2 Å². The summed E-state index contributed by atoms with van der Waals surface area (Å²) in [7, 11) is 0. The molecule has 0 saturated carbocycles. The highest BCUT2D eigenvalue weighted by atomic mass is 127. The van der Waals surface area contributed by atoms with Crippen molar-refractivity contribution in [2.75, 3.05) is 0 Å². The van der Waals surface area contributed by atoms with Crippen molar-refractivity contribution in [1.29, 1.82) is 0 Å². The summed E-state index contributed by atoms with van der Waals surface area (Å²) in [6, 6.07) is 1.19. The van der Waals surface area contributed by atoms with E-state index in [0.29, 0.717) is 9.26 Å². The van der Waals surface area contributed by atoms with Crippen molar-refractivity contribution in [1.82, 2.24) is 4.98 Å². The third kappa shape index (κ3) is 3.67. The Hall–Kier alpha value is -0.240. The molecule has 0 amide bonds. The lowest BCUT2D eigenvalue weighted by Gasteiger charge is -2.11. The summed E-state index contributed by atoms with van der Waals surface area (Å²) >= 11 is 7.41. The predicted octanol–water partition coefficient (Wildman–Crippen LogP) is 3.63. The second-order valence-corrected chi connectivity index (χ2v) is 4.01. The minimum absolute atomic E-state index is 0.124. The smallest absolute Gasteiger partial charge is 0.388 e. The Labute approximate surface area is 103 Å². The summed E-state index contributed by atoms with van der Waals surface area (Å²) in [5.74, 6) is -0.355. The van der Waals surface area contributed by atoms with Crippen molar-refractivity contribution in [3.63, 3.8) is 0 Å². The zero-order valence-electron chi connectivity index (χ0n) is 7.53. The van der Waals surface area contributed by atoms with Crippen molar-refractivity contribution >= 4 is 34.2 Å². The van der Waals surface area contributed by atoms with Gasteiger partial charge in [0, 0.05) is 11.9 Å². The van der Waals surface area contributed by atoms with Gasteiger partial charge in [0.25, 0.3) is 0 Å². The van der Waals surface area contributed by atoms with Crippen molar-refractivity contribution in [2.45, 2.75) is 19.2 Å². The lowest BCUT2D eigenvalue weighted by Crippen LogP contribution is -2.18. The summed E-state index contributed by atoms with van der Waals surface area (Å²) in [5, 5.41) is 0. The van der Waals surface area contributed by atoms with Gasteiger partial charge >= 0.3 is 6.36 Å². The average molecular weight is 351 g/mol. The third-order valence-electron chi connectivity index (χ3n) is 1.66. The average Bonchev–Trinajstić information content (AvgIpc) is 2.08. The van der Waals surface area contributed by atoms with E-state index in [1.807, 2.05) is 22.6 Å². The number of hydrogen-bond donors (Lipinski definition) is 0. The summed E-state index contributed by atoms with van der Waals surface area (Å²) in [6.45, 7) is 1.74. The molecule has 0 radical (unpaired) electrons. The topological polar surface area (TPSA) is 22.1 Å². The molecule has 1 rings (SSSR count). The van der Waals surface area contributed by atoms with Crippen LogP contribution in [0.1, 0.15) is 11.1 Å². The fourth-order valence-corrected chi connectivity index (χ4v) is 1.77. The van der Waals surface area contributed by atoms with E-state index in [2.05, 4.69) is 9.72 Å². The zero-order chi connectivity index (χ0) is 11.6. The van der Waals surface area contributed by atoms with Gasteiger partial charge in [-0.1, -0.05) is 0 Å². The summed E-state index contributed by atoms with van der Waals surface area (Å²) in [6.07, 6.45) is -4.73. The van der Waals surface area contributed by atoms with Gasteiger partial charge in [0.05, 0.1) is 0 Å². The van der Waals surface area contributed by atoms with E-state index in [1.165, 1.54) is 6.07 Å². The van der Waals surface area contributed by atoms with Crippen molar-refractivity contribution < 1.29 is 17.9 Å². The maximum atomic E-state index is 11.9. The number of aromatic nitrogens is 1. The van der Waals surface area contributed by atoms with Crippen LogP contribution in [0.15, 0.2) is 6.07 Å². The molecule has 0 saturated heterocycles. The lowest BCUT2D eigenvalue weighted by molar-refractivity contribution is -0.276. The molecule has 0 bridgehead atoms. The van der Waals surface area contributed by atoms with Crippen LogP contribution in [-0.4, -0.2) is 11.3 Å². The molecule has 0 aliphatic carbocycles. The molecule has 0 unspecified atom stereocenters. The molecule has 1 aromatic heterocycles. The zero-order valence-corrected chi connectivity index (χ0v) is 10.4. The van der Waals surface area contributed by atoms with E-state index in [0.717, 1.165) is 5.56 Å². The molecule has 15 heavy (non-hydrogen) atoms. The number of hydrogen-bond acceptors (Lipinski definition) is 2. The van der Waals surface area contributed by atoms with Gasteiger partial charge in [-0.3, -0.25) is 0 Å². The van der Waals surface area contributed by atoms with Crippen LogP contribution in [-0.2, 0) is 5.88 Å². The Bertz CT molecular complexity index is 370. The maximum Gasteiger partial charge on any atom is 0.574 e. The molecule has 1 heterocycles. The third-order valence-corrected chi connectivity index (χ3v) is 3.00. The van der Waals surface area contributed by atoms with Crippen LogP contribution in [0.3, 0.4) is 0 Å². The molecule has 1 aromatic rings. The number of rotatable bonds is 2. The molecule has 0 aliphatic rings. The van der Waals surface area contributed by atoms with Crippen LogP contribution >= 0.6 is 34.2 Å². The normalized spacial score (nSPS) is 11.6. The quantitative estimate of drug-likeness (QED) is 0.461. The maximum absolute atomic E-state index is 11.9. The van der Waals surface area contributed by atoms with Gasteiger partial charge in [0.1, 0.15) is 3.70 Å². The monoisotopic (exact) mass is 351 g/mol. The number of halogens is 5. The van der Waals surface area contributed by atoms with Gasteiger partial charge in [-0.15, -0.1) is 24.8 Å². The second-order valence-electron chi connectivity index (χ2n) is 2.72. The van der Waals surface area contributed by atoms with Crippen molar-refractivity contribution in [3.05, 3.63) is 20.9 Å². The lowest BCUT2D eigenvalue weighted by atomic mass is 10.2. The second kappa shape index (κ2) is 4.73. The molecule has 0 aliphatic heterocycles. The number of alkyl halides is 4. The van der Waals surface area contributed by atoms with Gasteiger partial charge in [-0.2, -0.15) is 0 Å². The molecule has 84 valence electrons. The van der Waals surface area contributed by atoms with Gasteiger partial charge in [-0.05, 0) is 40.6 Å². The van der Waals surface area contributed by atoms with Crippen LogP contribution in [0.2, 0.25) is 0 Å². The van der Waals surface area contributed by atoms with Crippen LogP contribution in [0.5, 0.6) is 5.88 Å². The molecule has 2 nitrogen and oxygen atoms in total. The van der Waals surface area contributed by atoms with Gasteiger partial charge < -0.3 is 4.74 Å². The Morgan fingerprint density at radius 3 is 2.60 bits per heavy atom. The van der Waals surface area contributed by atoms with E-state index >= 15 is 0 Å². The molecule has 0 atom stereocenters. The molecular weight excluding hydrogens is 345 g/mol. The minimum Gasteiger partial charge on any atom is -0.388 e. The fraction of sp³-hybridized carbons (Fsp3) is 0.375. The Balaban J connectivity index is 3.06. The highest BCUT2D eigenvalue weighted by Crippen LogP contribution is 2.25. The van der Waals surface area contributed by atoms with Crippen LogP contribution in [0, 0.1) is 10.6 Å². The van der Waals surface area contributed by atoms with E-state index in [-0.39, 0.29) is 5.88 Å². The molecule has 0 N–H and O–H groups in total. The van der Waals surface area contributed by atoms with E-state index in [4.69, 9.17) is 11.6 Å². The van der Waals surface area contributed by atoms with E-state index in [9.17, 15) is 13.2 Å². The number of nitrogens with zero attached hydrogens (tertiary/aromatic N) is 1. The van der Waals surface area contributed by atoms with Crippen LogP contribution in [0.25, 0.3) is 0 Å². The first-order valence-corrected chi connectivity index (χ1v) is 5.42. The molecule has 0 spiro atoms. The Morgan fingerprint density at radius 1 is 1.53 bits per heavy atom. The standard InChI is InChI=1S/C8H6ClF3INO/c1-4-5(3-9)2-6(14-7(4)13)15-8(10,11)12/h2H,3H2,1H3. The largest absolute Gasteiger partial charge is 0.574 e. The summed E-state index contributed by atoms with van der Waals surface area (Å²) in [4.78, 5) is 3.65. The Morgan fingerprint density at radius 2 is 2.13 bits per heavy atom. The SMILES string of the molecule is Cc1c(CCl)cc(OC(F)(F)F)nc1I. The molecular formula is C8H6ClF3INO. The molecule has 0 aromatic carbocycles.